The lowest BCUT2D eigenvalue weighted by atomic mass is 10.7. The minimum atomic E-state index is 0.236. The molecule has 0 aliphatic rings. The number of nitrogens with zero attached hydrogens (tertiary/aromatic N) is 1. The highest BCUT2D eigenvalue weighted by atomic mass is 31.0. The number of likely N-dealkylation sites (N-methyl/N-ethyl adjacent to an activating group) is 1. The number of hydrogen-bond donors (Lipinski definition) is 1. The molecule has 2 nitrogen and oxygen atoms in total. The first-order valence-electron chi connectivity index (χ1n) is 1.84. The predicted molar refractivity (Wildman–Crippen MR) is 29.4 cm³/mol. The molecule has 0 spiro atoms. The standard InChI is InChI=1S/C3H10NOP/c1-4(6)2-3-5/h5H,2-3,6H2,1H3. The molecular formula is C3H10NOP. The minimum absolute atomic E-state index is 0.236. The van der Waals surface area contributed by atoms with Crippen molar-refractivity contribution in [3.8, 4) is 0 Å². The highest BCUT2D eigenvalue weighted by Gasteiger charge is 1.80. The zero-order valence-electron chi connectivity index (χ0n) is 3.89. The summed E-state index contributed by atoms with van der Waals surface area (Å²) in [5.41, 5.74) is 0. The normalized spacial score (nSPS) is 10.0. The van der Waals surface area contributed by atoms with Crippen molar-refractivity contribution in [1.29, 1.82) is 0 Å². The van der Waals surface area contributed by atoms with Crippen LogP contribution in [0.15, 0.2) is 0 Å². The summed E-state index contributed by atoms with van der Waals surface area (Å²) in [4.78, 5) is 0. The fraction of sp³-hybridized carbons (Fsp3) is 1.00. The van der Waals surface area contributed by atoms with E-state index in [1.807, 2.05) is 11.7 Å². The molecule has 1 atom stereocenters. The first-order valence-corrected chi connectivity index (χ1v) is 2.35. The van der Waals surface area contributed by atoms with E-state index < -0.39 is 0 Å². The summed E-state index contributed by atoms with van der Waals surface area (Å²) < 4.78 is 1.85. The Morgan fingerprint density at radius 1 is 1.83 bits per heavy atom. The molecule has 0 bridgehead atoms. The van der Waals surface area contributed by atoms with Crippen molar-refractivity contribution in [2.45, 2.75) is 0 Å². The highest BCUT2D eigenvalue weighted by molar-refractivity contribution is 7.13. The van der Waals surface area contributed by atoms with Gasteiger partial charge in [0.05, 0.1) is 6.61 Å². The Morgan fingerprint density at radius 2 is 2.33 bits per heavy atom. The maximum atomic E-state index is 8.18. The quantitative estimate of drug-likeness (QED) is 0.490. The van der Waals surface area contributed by atoms with Gasteiger partial charge in [-0.3, -0.25) is 4.67 Å². The molecular weight excluding hydrogens is 97.0 g/mol. The van der Waals surface area contributed by atoms with Crippen LogP contribution in [0.1, 0.15) is 0 Å². The lowest BCUT2D eigenvalue weighted by molar-refractivity contribution is 0.272. The lowest BCUT2D eigenvalue weighted by Crippen LogP contribution is -2.08. The molecule has 0 aliphatic carbocycles. The number of aliphatic hydroxyl groups is 1. The SMILES string of the molecule is CN(P)CCO. The Balaban J connectivity index is 2.63. The van der Waals surface area contributed by atoms with Gasteiger partial charge >= 0.3 is 0 Å². The van der Waals surface area contributed by atoms with Gasteiger partial charge in [0.1, 0.15) is 0 Å². The van der Waals surface area contributed by atoms with Crippen LogP contribution in [0, 0.1) is 0 Å². The second-order valence-electron chi connectivity index (χ2n) is 1.20. The Kier molecular flexibility index (Phi) is 3.74. The summed E-state index contributed by atoms with van der Waals surface area (Å²) in [6.07, 6.45) is 0. The van der Waals surface area contributed by atoms with E-state index in [0.29, 0.717) is 0 Å². The van der Waals surface area contributed by atoms with Gasteiger partial charge in [-0.05, 0) is 7.05 Å². The fourth-order valence-electron chi connectivity index (χ4n) is 0.158. The van der Waals surface area contributed by atoms with Crippen LogP contribution in [-0.4, -0.2) is 30.0 Å². The zero-order valence-corrected chi connectivity index (χ0v) is 5.04. The van der Waals surface area contributed by atoms with Gasteiger partial charge in [-0.2, -0.15) is 0 Å². The van der Waals surface area contributed by atoms with Crippen molar-refractivity contribution < 1.29 is 5.11 Å². The molecule has 1 N–H and O–H groups in total. The van der Waals surface area contributed by atoms with Crippen LogP contribution in [0.2, 0.25) is 0 Å². The second kappa shape index (κ2) is 3.54. The smallest absolute Gasteiger partial charge is 0.0561 e. The molecule has 0 saturated heterocycles. The topological polar surface area (TPSA) is 23.5 Å². The maximum Gasteiger partial charge on any atom is 0.0561 e. The number of aliphatic hydroxyl groups excluding tert-OH is 1. The van der Waals surface area contributed by atoms with Crippen molar-refractivity contribution in [1.82, 2.24) is 4.67 Å². The molecule has 0 radical (unpaired) electrons. The maximum absolute atomic E-state index is 8.18. The summed E-state index contributed by atoms with van der Waals surface area (Å²) in [6.45, 7) is 0.963. The Morgan fingerprint density at radius 3 is 2.33 bits per heavy atom. The van der Waals surface area contributed by atoms with E-state index in [1.165, 1.54) is 0 Å². The van der Waals surface area contributed by atoms with E-state index in [-0.39, 0.29) is 6.61 Å². The van der Waals surface area contributed by atoms with Gasteiger partial charge in [0, 0.05) is 6.54 Å². The summed E-state index contributed by atoms with van der Waals surface area (Å²) in [5.74, 6) is 0. The van der Waals surface area contributed by atoms with E-state index in [2.05, 4.69) is 9.39 Å². The van der Waals surface area contributed by atoms with E-state index >= 15 is 0 Å². The zero-order chi connectivity index (χ0) is 4.99. The fourth-order valence-corrected chi connectivity index (χ4v) is 0.273. The molecule has 0 saturated carbocycles. The van der Waals surface area contributed by atoms with Crippen molar-refractivity contribution in [2.75, 3.05) is 20.2 Å². The van der Waals surface area contributed by atoms with Gasteiger partial charge in [0.2, 0.25) is 0 Å². The van der Waals surface area contributed by atoms with Crippen LogP contribution >= 0.6 is 9.39 Å². The first kappa shape index (κ1) is 6.35. The highest BCUT2D eigenvalue weighted by Crippen LogP contribution is 1.86. The lowest BCUT2D eigenvalue weighted by Gasteiger charge is -2.02. The average Bonchev–Trinajstić information content (AvgIpc) is 1.35. The van der Waals surface area contributed by atoms with Crippen LogP contribution in [0.25, 0.3) is 0 Å². The van der Waals surface area contributed by atoms with Crippen molar-refractivity contribution in [3.05, 3.63) is 0 Å². The number of rotatable bonds is 2. The third kappa shape index (κ3) is 4.35. The second-order valence-corrected chi connectivity index (χ2v) is 2.09. The van der Waals surface area contributed by atoms with Gasteiger partial charge in [-0.1, -0.05) is 9.39 Å². The minimum Gasteiger partial charge on any atom is -0.395 e. The first-order chi connectivity index (χ1) is 2.77. The van der Waals surface area contributed by atoms with Crippen LogP contribution in [0.3, 0.4) is 0 Å². The molecule has 0 aromatic heterocycles. The molecule has 0 rings (SSSR count). The Bertz CT molecular complexity index is 32.0. The largest absolute Gasteiger partial charge is 0.395 e. The summed E-state index contributed by atoms with van der Waals surface area (Å²) in [7, 11) is 4.34. The van der Waals surface area contributed by atoms with Gasteiger partial charge in [-0.25, -0.2) is 0 Å². The molecule has 38 valence electrons. The van der Waals surface area contributed by atoms with Gasteiger partial charge in [0.25, 0.3) is 0 Å². The molecule has 1 unspecified atom stereocenters. The molecule has 0 aromatic carbocycles. The summed E-state index contributed by atoms with van der Waals surface area (Å²) >= 11 is 0. The van der Waals surface area contributed by atoms with Crippen LogP contribution in [0.4, 0.5) is 0 Å². The van der Waals surface area contributed by atoms with Crippen LogP contribution in [-0.2, 0) is 0 Å². The third-order valence-corrected chi connectivity index (χ3v) is 0.711. The summed E-state index contributed by atoms with van der Waals surface area (Å²) in [5, 5.41) is 8.18. The van der Waals surface area contributed by atoms with Crippen LogP contribution < -0.4 is 0 Å². The molecule has 0 heterocycles. The predicted octanol–water partition coefficient (Wildman–Crippen LogP) is -0.299. The molecule has 3 heteroatoms. The van der Waals surface area contributed by atoms with Gasteiger partial charge in [-0.15, -0.1) is 0 Å². The van der Waals surface area contributed by atoms with E-state index in [1.54, 1.807) is 0 Å². The Labute approximate surface area is 40.4 Å². The molecule has 0 aromatic rings. The van der Waals surface area contributed by atoms with E-state index in [0.717, 1.165) is 6.54 Å². The molecule has 0 fully saturated rings. The third-order valence-electron chi connectivity index (χ3n) is 0.453. The van der Waals surface area contributed by atoms with Gasteiger partial charge in [0.15, 0.2) is 0 Å². The molecule has 0 aliphatic heterocycles. The van der Waals surface area contributed by atoms with Crippen molar-refractivity contribution >= 4 is 9.39 Å². The van der Waals surface area contributed by atoms with Crippen molar-refractivity contribution in [2.24, 2.45) is 0 Å². The summed E-state index contributed by atoms with van der Waals surface area (Å²) in [6, 6.07) is 0. The van der Waals surface area contributed by atoms with E-state index in [4.69, 9.17) is 5.11 Å². The van der Waals surface area contributed by atoms with E-state index in [9.17, 15) is 0 Å². The molecule has 6 heavy (non-hydrogen) atoms. The number of hydrogen-bond acceptors (Lipinski definition) is 2. The monoisotopic (exact) mass is 107 g/mol. The van der Waals surface area contributed by atoms with Crippen LogP contribution in [0.5, 0.6) is 0 Å². The van der Waals surface area contributed by atoms with Crippen molar-refractivity contribution in [3.63, 3.8) is 0 Å². The average molecular weight is 107 g/mol. The Hall–Kier alpha value is 0.350. The molecule has 0 amide bonds. The van der Waals surface area contributed by atoms with Gasteiger partial charge < -0.3 is 5.11 Å².